The molecule has 0 aromatic rings. The zero-order valence-electron chi connectivity index (χ0n) is 7.64. The Kier molecular flexibility index (Phi) is 3.88. The minimum atomic E-state index is -4.26. The number of rotatable bonds is 4. The maximum atomic E-state index is 11.6. The molecule has 1 heterocycles. The number of ketones is 1. The van der Waals surface area contributed by atoms with E-state index in [-0.39, 0.29) is 12.4 Å². The number of carbonyl (C=O) groups excluding carboxylic acids is 1. The van der Waals surface area contributed by atoms with Crippen LogP contribution in [0.4, 0.5) is 13.2 Å². The summed E-state index contributed by atoms with van der Waals surface area (Å²) in [4.78, 5) is 12.6. The Morgan fingerprint density at radius 3 is 2.64 bits per heavy atom. The molecular formula is C8H12F3NO2. The Morgan fingerprint density at radius 2 is 2.14 bits per heavy atom. The number of ether oxygens (including phenoxy) is 1. The number of halogens is 3. The zero-order valence-corrected chi connectivity index (χ0v) is 7.64. The summed E-state index contributed by atoms with van der Waals surface area (Å²) in [6.45, 7) is 0.174. The topological polar surface area (TPSA) is 29.5 Å². The van der Waals surface area contributed by atoms with E-state index in [0.717, 1.165) is 0 Å². The van der Waals surface area contributed by atoms with Gasteiger partial charge in [0, 0.05) is 19.5 Å². The first-order chi connectivity index (χ1) is 6.47. The van der Waals surface area contributed by atoms with Gasteiger partial charge in [-0.2, -0.15) is 13.2 Å². The maximum absolute atomic E-state index is 11.6. The molecule has 0 saturated carbocycles. The monoisotopic (exact) mass is 211 g/mol. The minimum Gasteiger partial charge on any atom is -0.371 e. The van der Waals surface area contributed by atoms with E-state index in [4.69, 9.17) is 0 Å². The second-order valence-corrected chi connectivity index (χ2v) is 3.23. The lowest BCUT2D eigenvalue weighted by Crippen LogP contribution is -2.27. The Balaban J connectivity index is 2.02. The van der Waals surface area contributed by atoms with Crippen LogP contribution in [0.5, 0.6) is 0 Å². The van der Waals surface area contributed by atoms with Gasteiger partial charge in [-0.25, -0.2) is 0 Å². The van der Waals surface area contributed by atoms with Crippen LogP contribution in [0.3, 0.4) is 0 Å². The number of carbonyl (C=O) groups is 1. The maximum Gasteiger partial charge on any atom is 0.411 e. The van der Waals surface area contributed by atoms with Gasteiger partial charge < -0.3 is 4.74 Å². The molecule has 3 nitrogen and oxygen atoms in total. The van der Waals surface area contributed by atoms with Gasteiger partial charge in [-0.15, -0.1) is 0 Å². The molecule has 82 valence electrons. The second kappa shape index (κ2) is 4.75. The number of Topliss-reactive ketones (excluding diaryl/α,β-unsaturated/α-hetero) is 1. The van der Waals surface area contributed by atoms with Gasteiger partial charge in [0.25, 0.3) is 0 Å². The molecule has 0 atom stereocenters. The van der Waals surface area contributed by atoms with E-state index in [1.54, 1.807) is 4.90 Å². The molecule has 0 spiro atoms. The smallest absolute Gasteiger partial charge is 0.371 e. The van der Waals surface area contributed by atoms with Crippen molar-refractivity contribution in [3.63, 3.8) is 0 Å². The second-order valence-electron chi connectivity index (χ2n) is 3.23. The Morgan fingerprint density at radius 1 is 1.43 bits per heavy atom. The van der Waals surface area contributed by atoms with Gasteiger partial charge in [-0.1, -0.05) is 0 Å². The van der Waals surface area contributed by atoms with Crippen LogP contribution in [0.15, 0.2) is 0 Å². The van der Waals surface area contributed by atoms with Crippen LogP contribution in [0.2, 0.25) is 0 Å². The predicted octanol–water partition coefficient (Wildman–Crippen LogP) is 0.840. The van der Waals surface area contributed by atoms with Crippen LogP contribution in [-0.4, -0.2) is 49.7 Å². The van der Waals surface area contributed by atoms with Crippen molar-refractivity contribution in [2.45, 2.75) is 12.6 Å². The van der Waals surface area contributed by atoms with E-state index in [0.29, 0.717) is 26.1 Å². The standard InChI is InChI=1S/C8H12F3NO2/c9-8(10,11)6-14-4-3-12-2-1-7(13)5-12/h1-6H2. The molecule has 0 unspecified atom stereocenters. The van der Waals surface area contributed by atoms with Gasteiger partial charge in [-0.05, 0) is 0 Å². The molecule has 1 aliphatic heterocycles. The third-order valence-corrected chi connectivity index (χ3v) is 1.92. The molecule has 6 heteroatoms. The molecule has 0 amide bonds. The van der Waals surface area contributed by atoms with Gasteiger partial charge >= 0.3 is 6.18 Å². The lowest BCUT2D eigenvalue weighted by atomic mass is 10.4. The van der Waals surface area contributed by atoms with E-state index < -0.39 is 12.8 Å². The summed E-state index contributed by atoms with van der Waals surface area (Å²) in [6.07, 6.45) is -3.76. The van der Waals surface area contributed by atoms with E-state index >= 15 is 0 Å². The number of hydrogen-bond acceptors (Lipinski definition) is 3. The van der Waals surface area contributed by atoms with E-state index in [9.17, 15) is 18.0 Å². The van der Waals surface area contributed by atoms with Crippen LogP contribution < -0.4 is 0 Å². The average molecular weight is 211 g/mol. The van der Waals surface area contributed by atoms with Crippen molar-refractivity contribution >= 4 is 5.78 Å². The summed E-state index contributed by atoms with van der Waals surface area (Å²) in [5.41, 5.74) is 0. The molecule has 0 radical (unpaired) electrons. The van der Waals surface area contributed by atoms with Gasteiger partial charge in [0.05, 0.1) is 13.2 Å². The fraction of sp³-hybridized carbons (Fsp3) is 0.875. The number of hydrogen-bond donors (Lipinski definition) is 0. The molecule has 14 heavy (non-hydrogen) atoms. The highest BCUT2D eigenvalue weighted by molar-refractivity contribution is 5.82. The number of alkyl halides is 3. The number of likely N-dealkylation sites (tertiary alicyclic amines) is 1. The SMILES string of the molecule is O=C1CCN(CCOCC(F)(F)F)C1. The molecule has 0 aromatic heterocycles. The van der Waals surface area contributed by atoms with Crippen molar-refractivity contribution in [1.82, 2.24) is 4.90 Å². The highest BCUT2D eigenvalue weighted by atomic mass is 19.4. The van der Waals surface area contributed by atoms with Crippen molar-refractivity contribution < 1.29 is 22.7 Å². The van der Waals surface area contributed by atoms with Crippen LogP contribution in [-0.2, 0) is 9.53 Å². The van der Waals surface area contributed by atoms with Crippen LogP contribution in [0, 0.1) is 0 Å². The molecule has 1 aliphatic rings. The largest absolute Gasteiger partial charge is 0.411 e. The zero-order chi connectivity index (χ0) is 10.6. The summed E-state index contributed by atoms with van der Waals surface area (Å²) < 4.78 is 39.3. The predicted molar refractivity (Wildman–Crippen MR) is 42.9 cm³/mol. The Hall–Kier alpha value is -0.620. The lowest BCUT2D eigenvalue weighted by molar-refractivity contribution is -0.174. The molecule has 0 aliphatic carbocycles. The van der Waals surface area contributed by atoms with E-state index in [2.05, 4.69) is 4.74 Å². The van der Waals surface area contributed by atoms with Crippen molar-refractivity contribution in [2.75, 3.05) is 32.8 Å². The van der Waals surface area contributed by atoms with Crippen LogP contribution in [0.25, 0.3) is 0 Å². The summed E-state index contributed by atoms with van der Waals surface area (Å²) in [6, 6.07) is 0. The quantitative estimate of drug-likeness (QED) is 0.645. The molecule has 1 rings (SSSR count). The van der Waals surface area contributed by atoms with E-state index in [1.807, 2.05) is 0 Å². The van der Waals surface area contributed by atoms with Crippen molar-refractivity contribution in [2.24, 2.45) is 0 Å². The normalized spacial score (nSPS) is 19.2. The van der Waals surface area contributed by atoms with E-state index in [1.165, 1.54) is 0 Å². The van der Waals surface area contributed by atoms with Gasteiger partial charge in [0.1, 0.15) is 12.4 Å². The molecule has 0 bridgehead atoms. The van der Waals surface area contributed by atoms with Gasteiger partial charge in [0.2, 0.25) is 0 Å². The first-order valence-corrected chi connectivity index (χ1v) is 4.36. The van der Waals surface area contributed by atoms with Crippen molar-refractivity contribution in [1.29, 1.82) is 0 Å². The fourth-order valence-electron chi connectivity index (χ4n) is 1.26. The molecule has 0 aromatic carbocycles. The Labute approximate surface area is 79.8 Å². The van der Waals surface area contributed by atoms with Gasteiger partial charge in [0.15, 0.2) is 0 Å². The third-order valence-electron chi connectivity index (χ3n) is 1.92. The fourth-order valence-corrected chi connectivity index (χ4v) is 1.26. The first-order valence-electron chi connectivity index (χ1n) is 4.36. The van der Waals surface area contributed by atoms with Crippen LogP contribution >= 0.6 is 0 Å². The molecule has 0 N–H and O–H groups in total. The third kappa shape index (κ3) is 4.57. The van der Waals surface area contributed by atoms with Crippen LogP contribution in [0.1, 0.15) is 6.42 Å². The van der Waals surface area contributed by atoms with Crippen molar-refractivity contribution in [3.8, 4) is 0 Å². The molecule has 1 saturated heterocycles. The lowest BCUT2D eigenvalue weighted by Gasteiger charge is -2.14. The highest BCUT2D eigenvalue weighted by Crippen LogP contribution is 2.14. The summed E-state index contributed by atoms with van der Waals surface area (Å²) in [5.74, 6) is 0.140. The number of nitrogens with zero attached hydrogens (tertiary/aromatic N) is 1. The summed E-state index contributed by atoms with van der Waals surface area (Å²) in [5, 5.41) is 0. The van der Waals surface area contributed by atoms with Crippen molar-refractivity contribution in [3.05, 3.63) is 0 Å². The minimum absolute atomic E-state index is 0.0206. The Bertz CT molecular complexity index is 205. The average Bonchev–Trinajstić information content (AvgIpc) is 2.44. The molecule has 1 fully saturated rings. The highest BCUT2D eigenvalue weighted by Gasteiger charge is 2.27. The summed E-state index contributed by atoms with van der Waals surface area (Å²) in [7, 11) is 0. The first kappa shape index (κ1) is 11.5. The summed E-state index contributed by atoms with van der Waals surface area (Å²) >= 11 is 0. The molecular weight excluding hydrogens is 199 g/mol. The van der Waals surface area contributed by atoms with Gasteiger partial charge in [-0.3, -0.25) is 9.69 Å².